The van der Waals surface area contributed by atoms with Gasteiger partial charge in [0, 0.05) is 41.6 Å². The molecule has 2 saturated heterocycles. The van der Waals surface area contributed by atoms with Crippen LogP contribution in [0.3, 0.4) is 0 Å². The molecule has 2 aliphatic rings. The van der Waals surface area contributed by atoms with Crippen molar-refractivity contribution in [3.8, 4) is 0 Å². The highest BCUT2D eigenvalue weighted by Crippen LogP contribution is 2.40. The van der Waals surface area contributed by atoms with Crippen molar-refractivity contribution in [3.63, 3.8) is 0 Å². The van der Waals surface area contributed by atoms with Gasteiger partial charge in [-0.25, -0.2) is 9.37 Å². The summed E-state index contributed by atoms with van der Waals surface area (Å²) in [7, 11) is 2.09. The first-order valence-electron chi connectivity index (χ1n) is 12.0. The van der Waals surface area contributed by atoms with Gasteiger partial charge in [-0.2, -0.15) is 18.2 Å². The van der Waals surface area contributed by atoms with Crippen LogP contribution in [0.15, 0.2) is 24.4 Å². The first kappa shape index (κ1) is 25.5. The summed E-state index contributed by atoms with van der Waals surface area (Å²) in [6.45, 7) is 9.81. The summed E-state index contributed by atoms with van der Waals surface area (Å²) >= 11 is 0. The van der Waals surface area contributed by atoms with Crippen LogP contribution in [0.25, 0.3) is 0 Å². The molecule has 2 aromatic rings. The molecule has 3 heterocycles. The van der Waals surface area contributed by atoms with Gasteiger partial charge in [0.2, 0.25) is 5.95 Å². The van der Waals surface area contributed by atoms with Gasteiger partial charge in [-0.1, -0.05) is 0 Å². The predicted molar refractivity (Wildman–Crippen MR) is 131 cm³/mol. The first-order chi connectivity index (χ1) is 16.3. The molecule has 0 bridgehead atoms. The molecule has 0 spiro atoms. The number of halogens is 4. The second kappa shape index (κ2) is 9.11. The number of alkyl halides is 3. The normalized spacial score (nSPS) is 20.8. The van der Waals surface area contributed by atoms with Gasteiger partial charge in [0.1, 0.15) is 0 Å². The molecule has 6 nitrogen and oxygen atoms in total. The maximum atomic E-state index is 14.6. The van der Waals surface area contributed by atoms with Gasteiger partial charge < -0.3 is 15.5 Å². The van der Waals surface area contributed by atoms with E-state index in [0.29, 0.717) is 13.1 Å². The zero-order valence-corrected chi connectivity index (χ0v) is 20.9. The van der Waals surface area contributed by atoms with E-state index in [0.717, 1.165) is 37.9 Å². The summed E-state index contributed by atoms with van der Waals surface area (Å²) in [6.07, 6.45) is -0.145. The highest BCUT2D eigenvalue weighted by molar-refractivity contribution is 5.65. The van der Waals surface area contributed by atoms with Crippen LogP contribution < -0.4 is 15.5 Å². The summed E-state index contributed by atoms with van der Waals surface area (Å²) in [5.41, 5.74) is -0.542. The van der Waals surface area contributed by atoms with Crippen LogP contribution in [0.4, 0.5) is 40.7 Å². The standard InChI is InChI=1S/C25H34F4N6/c1-23(2)13-17(14-24(3,4)34(23)5)31-21-19(26)15-30-22(33-21)32-16-8-9-20(35-10-6-7-11-35)18(12-16)25(27,28)29/h8-9,12,15,17H,6-7,10-11,13-14H2,1-5H3,(H2,30,31,32,33). The van der Waals surface area contributed by atoms with E-state index in [1.54, 1.807) is 11.0 Å². The van der Waals surface area contributed by atoms with Crippen LogP contribution in [0.5, 0.6) is 0 Å². The molecule has 0 radical (unpaired) electrons. The Labute approximate surface area is 204 Å². The van der Waals surface area contributed by atoms with Crippen LogP contribution in [0.2, 0.25) is 0 Å². The van der Waals surface area contributed by atoms with Gasteiger partial charge in [0.15, 0.2) is 11.6 Å². The van der Waals surface area contributed by atoms with Crippen LogP contribution in [0.1, 0.15) is 58.9 Å². The molecular weight excluding hydrogens is 460 g/mol. The van der Waals surface area contributed by atoms with Crippen LogP contribution in [-0.4, -0.2) is 52.1 Å². The molecule has 0 aliphatic carbocycles. The predicted octanol–water partition coefficient (Wildman–Crippen LogP) is 6.04. The van der Waals surface area contributed by atoms with Gasteiger partial charge in [0.05, 0.1) is 11.8 Å². The Hall–Kier alpha value is -2.62. The molecular formula is C25H34F4N6. The third kappa shape index (κ3) is 5.47. The van der Waals surface area contributed by atoms with E-state index in [9.17, 15) is 17.6 Å². The van der Waals surface area contributed by atoms with Crippen LogP contribution in [-0.2, 0) is 6.18 Å². The summed E-state index contributed by atoms with van der Waals surface area (Å²) < 4.78 is 56.0. The number of likely N-dealkylation sites (tertiary alicyclic amines) is 1. The van der Waals surface area contributed by atoms with Crippen molar-refractivity contribution in [2.24, 2.45) is 0 Å². The number of hydrogen-bond donors (Lipinski definition) is 2. The topological polar surface area (TPSA) is 56.3 Å². The van der Waals surface area contributed by atoms with Crippen molar-refractivity contribution in [1.82, 2.24) is 14.9 Å². The van der Waals surface area contributed by atoms with E-state index in [1.807, 2.05) is 0 Å². The summed E-state index contributed by atoms with van der Waals surface area (Å²) in [6, 6.07) is 4.09. The van der Waals surface area contributed by atoms with Crippen LogP contribution >= 0.6 is 0 Å². The minimum Gasteiger partial charge on any atom is -0.371 e. The molecule has 10 heteroatoms. The third-order valence-corrected chi connectivity index (χ3v) is 7.40. The lowest BCUT2D eigenvalue weighted by molar-refractivity contribution is -0.137. The molecule has 4 rings (SSSR count). The Morgan fingerprint density at radius 3 is 2.26 bits per heavy atom. The lowest BCUT2D eigenvalue weighted by Crippen LogP contribution is -2.61. The van der Waals surface area contributed by atoms with E-state index >= 15 is 0 Å². The third-order valence-electron chi connectivity index (χ3n) is 7.40. The lowest BCUT2D eigenvalue weighted by atomic mass is 9.77. The molecule has 0 unspecified atom stereocenters. The van der Waals surface area contributed by atoms with Gasteiger partial charge in [0.25, 0.3) is 0 Å². The molecule has 2 aliphatic heterocycles. The second-order valence-electron chi connectivity index (χ2n) is 10.9. The second-order valence-corrected chi connectivity index (χ2v) is 10.9. The smallest absolute Gasteiger partial charge is 0.371 e. The molecule has 1 aromatic carbocycles. The number of piperidine rings is 1. The van der Waals surface area contributed by atoms with Gasteiger partial charge in [-0.15, -0.1) is 0 Å². The number of anilines is 4. The molecule has 0 amide bonds. The van der Waals surface area contributed by atoms with Crippen molar-refractivity contribution >= 4 is 23.1 Å². The number of hydrogen-bond acceptors (Lipinski definition) is 6. The lowest BCUT2D eigenvalue weighted by Gasteiger charge is -2.53. The Morgan fingerprint density at radius 2 is 1.66 bits per heavy atom. The fourth-order valence-electron chi connectivity index (χ4n) is 5.40. The monoisotopic (exact) mass is 494 g/mol. The van der Waals surface area contributed by atoms with E-state index in [-0.39, 0.29) is 40.3 Å². The highest BCUT2D eigenvalue weighted by Gasteiger charge is 2.43. The largest absolute Gasteiger partial charge is 0.418 e. The van der Waals surface area contributed by atoms with Crippen molar-refractivity contribution in [2.75, 3.05) is 35.7 Å². The number of rotatable bonds is 5. The summed E-state index contributed by atoms with van der Waals surface area (Å²) in [5.74, 6) is -0.541. The Morgan fingerprint density at radius 1 is 1.03 bits per heavy atom. The molecule has 0 atom stereocenters. The zero-order chi connectivity index (χ0) is 25.6. The maximum absolute atomic E-state index is 14.6. The number of aromatic nitrogens is 2. The maximum Gasteiger partial charge on any atom is 0.418 e. The van der Waals surface area contributed by atoms with E-state index in [4.69, 9.17) is 0 Å². The Kier molecular flexibility index (Phi) is 6.63. The van der Waals surface area contributed by atoms with Crippen molar-refractivity contribution in [2.45, 2.75) is 76.7 Å². The Balaban J connectivity index is 1.55. The van der Waals surface area contributed by atoms with Crippen molar-refractivity contribution in [3.05, 3.63) is 35.8 Å². The molecule has 2 N–H and O–H groups in total. The average molecular weight is 495 g/mol. The van der Waals surface area contributed by atoms with Crippen LogP contribution in [0, 0.1) is 5.82 Å². The first-order valence-corrected chi connectivity index (χ1v) is 12.0. The van der Waals surface area contributed by atoms with Gasteiger partial charge in [-0.05, 0) is 78.6 Å². The van der Waals surface area contributed by atoms with E-state index in [2.05, 4.69) is 60.2 Å². The van der Waals surface area contributed by atoms with E-state index < -0.39 is 17.6 Å². The Bertz CT molecular complexity index is 1040. The minimum atomic E-state index is -4.50. The fourth-order valence-corrected chi connectivity index (χ4v) is 5.40. The quantitative estimate of drug-likeness (QED) is 0.494. The molecule has 35 heavy (non-hydrogen) atoms. The number of nitrogens with zero attached hydrogens (tertiary/aromatic N) is 4. The SMILES string of the molecule is CN1C(C)(C)CC(Nc2nc(Nc3ccc(N4CCCC4)c(C(F)(F)F)c3)ncc2F)CC1(C)C. The number of benzene rings is 1. The molecule has 192 valence electrons. The highest BCUT2D eigenvalue weighted by atomic mass is 19.4. The van der Waals surface area contributed by atoms with Crippen molar-refractivity contribution < 1.29 is 17.6 Å². The van der Waals surface area contributed by atoms with Gasteiger partial charge >= 0.3 is 6.18 Å². The average Bonchev–Trinajstić information content (AvgIpc) is 3.28. The number of nitrogens with one attached hydrogen (secondary N) is 2. The van der Waals surface area contributed by atoms with Crippen molar-refractivity contribution in [1.29, 1.82) is 0 Å². The zero-order valence-electron chi connectivity index (χ0n) is 20.9. The van der Waals surface area contributed by atoms with Gasteiger partial charge in [-0.3, -0.25) is 4.90 Å². The van der Waals surface area contributed by atoms with E-state index in [1.165, 1.54) is 6.07 Å². The minimum absolute atomic E-state index is 0.0231. The molecule has 1 aromatic heterocycles. The molecule has 0 saturated carbocycles. The summed E-state index contributed by atoms with van der Waals surface area (Å²) in [4.78, 5) is 12.3. The molecule has 2 fully saturated rings. The summed E-state index contributed by atoms with van der Waals surface area (Å²) in [5, 5.41) is 6.03. The fraction of sp³-hybridized carbons (Fsp3) is 0.600.